The van der Waals surface area contributed by atoms with E-state index >= 15 is 0 Å². The lowest BCUT2D eigenvalue weighted by atomic mass is 9.99. The normalized spacial score (nSPS) is 16.3. The molecule has 15 heavy (non-hydrogen) atoms. The summed E-state index contributed by atoms with van der Waals surface area (Å²) in [5, 5.41) is 8.76. The maximum atomic E-state index is 10.6. The first kappa shape index (κ1) is 10.5. The third kappa shape index (κ3) is 2.00. The third-order valence-electron chi connectivity index (χ3n) is 2.75. The largest absolute Gasteiger partial charge is 0.481 e. The van der Waals surface area contributed by atoms with E-state index in [1.807, 2.05) is 25.1 Å². The van der Waals surface area contributed by atoms with Gasteiger partial charge < -0.3 is 10.0 Å². The van der Waals surface area contributed by atoms with Gasteiger partial charge in [-0.2, -0.15) is 0 Å². The summed E-state index contributed by atoms with van der Waals surface area (Å²) in [6.45, 7) is 3.26. The number of hydrogen-bond donors (Lipinski definition) is 1. The first-order valence-corrected chi connectivity index (χ1v) is 5.61. The zero-order valence-corrected chi connectivity index (χ0v) is 9.99. The molecule has 0 unspecified atom stereocenters. The van der Waals surface area contributed by atoms with Crippen molar-refractivity contribution >= 4 is 27.6 Å². The Hall–Kier alpha value is -1.03. The minimum absolute atomic E-state index is 0.204. The molecule has 1 aromatic carbocycles. The summed E-state index contributed by atoms with van der Waals surface area (Å²) in [6.07, 6.45) is 0. The fourth-order valence-electron chi connectivity index (χ4n) is 1.62. The number of carbonyl (C=O) groups is 1. The number of nitrogens with zero attached hydrogens (tertiary/aromatic N) is 1. The number of carboxylic acids is 1. The molecule has 0 aliphatic carbocycles. The van der Waals surface area contributed by atoms with Crippen molar-refractivity contribution in [2.75, 3.05) is 18.0 Å². The highest BCUT2D eigenvalue weighted by Gasteiger charge is 2.32. The molecule has 0 aromatic heterocycles. The van der Waals surface area contributed by atoms with Crippen molar-refractivity contribution in [1.29, 1.82) is 0 Å². The van der Waals surface area contributed by atoms with Gasteiger partial charge >= 0.3 is 5.97 Å². The standard InChI is InChI=1S/C11H12BrNO2/c1-7-2-3-9(4-10(7)12)13-5-8(6-13)11(14)15/h2-4,8H,5-6H2,1H3,(H,14,15). The van der Waals surface area contributed by atoms with Gasteiger partial charge in [0.1, 0.15) is 0 Å². The molecule has 1 aromatic rings. The Balaban J connectivity index is 2.07. The summed E-state index contributed by atoms with van der Waals surface area (Å²) in [6, 6.07) is 6.10. The van der Waals surface area contributed by atoms with Crippen LogP contribution in [0.1, 0.15) is 5.56 Å². The Morgan fingerprint density at radius 3 is 2.73 bits per heavy atom. The van der Waals surface area contributed by atoms with E-state index in [1.54, 1.807) is 0 Å². The van der Waals surface area contributed by atoms with E-state index in [2.05, 4.69) is 20.8 Å². The lowest BCUT2D eigenvalue weighted by Gasteiger charge is -2.38. The number of aryl methyl sites for hydroxylation is 1. The highest BCUT2D eigenvalue weighted by atomic mass is 79.9. The molecule has 0 radical (unpaired) electrons. The summed E-state index contributed by atoms with van der Waals surface area (Å²) in [5.41, 5.74) is 2.28. The predicted octanol–water partition coefficient (Wildman–Crippen LogP) is 2.28. The molecule has 3 nitrogen and oxygen atoms in total. The van der Waals surface area contributed by atoms with Gasteiger partial charge in [0.2, 0.25) is 0 Å². The Labute approximate surface area is 96.8 Å². The average molecular weight is 270 g/mol. The highest BCUT2D eigenvalue weighted by molar-refractivity contribution is 9.10. The van der Waals surface area contributed by atoms with Crippen molar-refractivity contribution in [2.24, 2.45) is 5.92 Å². The quantitative estimate of drug-likeness (QED) is 0.896. The lowest BCUT2D eigenvalue weighted by Crippen LogP contribution is -2.50. The number of benzene rings is 1. The second-order valence-electron chi connectivity index (χ2n) is 3.87. The Morgan fingerprint density at radius 2 is 2.20 bits per heavy atom. The lowest BCUT2D eigenvalue weighted by molar-refractivity contribution is -0.142. The summed E-state index contributed by atoms with van der Waals surface area (Å²) >= 11 is 3.47. The first-order chi connectivity index (χ1) is 7.08. The molecule has 2 rings (SSSR count). The Bertz CT molecular complexity index is 400. The molecule has 4 heteroatoms. The summed E-state index contributed by atoms with van der Waals surface area (Å²) in [7, 11) is 0. The van der Waals surface area contributed by atoms with E-state index in [0.29, 0.717) is 13.1 Å². The van der Waals surface area contributed by atoms with Crippen LogP contribution in [0.5, 0.6) is 0 Å². The zero-order chi connectivity index (χ0) is 11.0. The molecule has 80 valence electrons. The number of hydrogen-bond acceptors (Lipinski definition) is 2. The number of halogens is 1. The van der Waals surface area contributed by atoms with Crippen LogP contribution in [0.2, 0.25) is 0 Å². The maximum absolute atomic E-state index is 10.6. The SMILES string of the molecule is Cc1ccc(N2CC(C(=O)O)C2)cc1Br. The zero-order valence-electron chi connectivity index (χ0n) is 8.40. The minimum Gasteiger partial charge on any atom is -0.481 e. The van der Waals surface area contributed by atoms with E-state index in [-0.39, 0.29) is 5.92 Å². The van der Waals surface area contributed by atoms with Crippen molar-refractivity contribution in [1.82, 2.24) is 0 Å². The van der Waals surface area contributed by atoms with Crippen molar-refractivity contribution in [3.63, 3.8) is 0 Å². The smallest absolute Gasteiger partial charge is 0.310 e. The molecule has 0 saturated carbocycles. The van der Waals surface area contributed by atoms with Gasteiger partial charge in [-0.15, -0.1) is 0 Å². The Morgan fingerprint density at radius 1 is 1.53 bits per heavy atom. The van der Waals surface area contributed by atoms with Gasteiger partial charge in [-0.3, -0.25) is 4.79 Å². The van der Waals surface area contributed by atoms with Crippen LogP contribution in [0.3, 0.4) is 0 Å². The summed E-state index contributed by atoms with van der Waals surface area (Å²) in [4.78, 5) is 12.7. The van der Waals surface area contributed by atoms with Crippen LogP contribution in [0.4, 0.5) is 5.69 Å². The van der Waals surface area contributed by atoms with Gasteiger partial charge in [-0.25, -0.2) is 0 Å². The molecule has 0 amide bonds. The van der Waals surface area contributed by atoms with Crippen molar-refractivity contribution in [2.45, 2.75) is 6.92 Å². The van der Waals surface area contributed by atoms with Gasteiger partial charge in [0.05, 0.1) is 5.92 Å². The molecular weight excluding hydrogens is 258 g/mol. The van der Waals surface area contributed by atoms with E-state index in [9.17, 15) is 4.79 Å². The fraction of sp³-hybridized carbons (Fsp3) is 0.364. The number of carboxylic acid groups (broad SMARTS) is 1. The van der Waals surface area contributed by atoms with Crippen LogP contribution in [0.25, 0.3) is 0 Å². The van der Waals surface area contributed by atoms with Crippen LogP contribution in [-0.4, -0.2) is 24.2 Å². The van der Waals surface area contributed by atoms with Gasteiger partial charge in [0.25, 0.3) is 0 Å². The Kier molecular flexibility index (Phi) is 2.69. The van der Waals surface area contributed by atoms with E-state index in [0.717, 1.165) is 10.2 Å². The molecule has 1 saturated heterocycles. The van der Waals surface area contributed by atoms with Gasteiger partial charge in [-0.05, 0) is 24.6 Å². The van der Waals surface area contributed by atoms with Crippen molar-refractivity contribution in [3.05, 3.63) is 28.2 Å². The fourth-order valence-corrected chi connectivity index (χ4v) is 1.99. The maximum Gasteiger partial charge on any atom is 0.310 e. The molecular formula is C11H12BrNO2. The molecule has 0 spiro atoms. The van der Waals surface area contributed by atoms with Crippen molar-refractivity contribution in [3.8, 4) is 0 Å². The first-order valence-electron chi connectivity index (χ1n) is 4.82. The van der Waals surface area contributed by atoms with Crippen molar-refractivity contribution < 1.29 is 9.90 Å². The van der Waals surface area contributed by atoms with Crippen LogP contribution in [-0.2, 0) is 4.79 Å². The second-order valence-corrected chi connectivity index (χ2v) is 4.73. The monoisotopic (exact) mass is 269 g/mol. The van der Waals surface area contributed by atoms with Crippen LogP contribution >= 0.6 is 15.9 Å². The van der Waals surface area contributed by atoms with Crippen LogP contribution < -0.4 is 4.90 Å². The van der Waals surface area contributed by atoms with E-state index in [4.69, 9.17) is 5.11 Å². The molecule has 0 atom stereocenters. The molecule has 1 heterocycles. The van der Waals surface area contributed by atoms with E-state index in [1.165, 1.54) is 5.56 Å². The van der Waals surface area contributed by atoms with Crippen LogP contribution in [0, 0.1) is 12.8 Å². The summed E-state index contributed by atoms with van der Waals surface area (Å²) < 4.78 is 1.07. The third-order valence-corrected chi connectivity index (χ3v) is 3.61. The molecule has 1 aliphatic heterocycles. The summed E-state index contributed by atoms with van der Waals surface area (Å²) in [5.74, 6) is -0.900. The molecule has 0 bridgehead atoms. The van der Waals surface area contributed by atoms with Crippen LogP contribution in [0.15, 0.2) is 22.7 Å². The van der Waals surface area contributed by atoms with Gasteiger partial charge in [0, 0.05) is 23.2 Å². The van der Waals surface area contributed by atoms with Gasteiger partial charge in [0.15, 0.2) is 0 Å². The topological polar surface area (TPSA) is 40.5 Å². The number of aliphatic carboxylic acids is 1. The number of rotatable bonds is 2. The molecule has 1 aliphatic rings. The van der Waals surface area contributed by atoms with Gasteiger partial charge in [-0.1, -0.05) is 22.0 Å². The molecule has 1 fully saturated rings. The average Bonchev–Trinajstić information content (AvgIpc) is 2.08. The number of anilines is 1. The van der Waals surface area contributed by atoms with E-state index < -0.39 is 5.97 Å². The minimum atomic E-state index is -0.697. The predicted molar refractivity (Wildman–Crippen MR) is 62.2 cm³/mol. The highest BCUT2D eigenvalue weighted by Crippen LogP contribution is 2.28. The molecule has 1 N–H and O–H groups in total. The second kappa shape index (κ2) is 3.85.